The van der Waals surface area contributed by atoms with E-state index in [0.717, 1.165) is 16.6 Å². The van der Waals surface area contributed by atoms with Gasteiger partial charge in [0.05, 0.1) is 18.1 Å². The number of para-hydroxylation sites is 2. The van der Waals surface area contributed by atoms with Crippen LogP contribution in [0, 0.1) is 0 Å². The Morgan fingerprint density at radius 2 is 1.84 bits per heavy atom. The summed E-state index contributed by atoms with van der Waals surface area (Å²) in [4.78, 5) is 20.4. The molecule has 31 heavy (non-hydrogen) atoms. The van der Waals surface area contributed by atoms with E-state index in [0.29, 0.717) is 11.6 Å². The van der Waals surface area contributed by atoms with Crippen molar-refractivity contribution in [3.63, 3.8) is 0 Å². The van der Waals surface area contributed by atoms with Gasteiger partial charge in [-0.3, -0.25) is 4.79 Å². The molecule has 0 spiro atoms. The van der Waals surface area contributed by atoms with E-state index in [-0.39, 0.29) is 40.3 Å². The average Bonchev–Trinajstić information content (AvgIpc) is 3.21. The normalized spacial score (nSPS) is 11.1. The summed E-state index contributed by atoms with van der Waals surface area (Å²) in [5, 5.41) is 10.5. The number of aromatic hydroxyl groups is 1. The zero-order valence-electron chi connectivity index (χ0n) is 16.6. The van der Waals surface area contributed by atoms with E-state index in [2.05, 4.69) is 9.97 Å². The molecule has 5 aromatic rings. The third kappa shape index (κ3) is 3.36. The van der Waals surface area contributed by atoms with Crippen LogP contribution < -0.4 is 14.9 Å². The van der Waals surface area contributed by atoms with Crippen LogP contribution in [-0.2, 0) is 6.61 Å². The number of aromatic amines is 1. The highest BCUT2D eigenvalue weighted by Gasteiger charge is 2.20. The summed E-state index contributed by atoms with van der Waals surface area (Å²) >= 11 is 0. The number of imidazole rings is 1. The summed E-state index contributed by atoms with van der Waals surface area (Å²) in [7, 11) is 1.45. The van der Waals surface area contributed by atoms with Gasteiger partial charge in [-0.1, -0.05) is 42.5 Å². The Balaban J connectivity index is 1.58. The fraction of sp³-hybridized carbons (Fsp3) is 0.0833. The maximum absolute atomic E-state index is 12.7. The van der Waals surface area contributed by atoms with Crippen LogP contribution in [-0.4, -0.2) is 22.2 Å². The number of phenolic OH excluding ortho intramolecular Hbond substituents is 1. The van der Waals surface area contributed by atoms with Gasteiger partial charge in [-0.2, -0.15) is 0 Å². The van der Waals surface area contributed by atoms with Crippen molar-refractivity contribution in [2.75, 3.05) is 7.11 Å². The summed E-state index contributed by atoms with van der Waals surface area (Å²) in [6.07, 6.45) is 0. The summed E-state index contributed by atoms with van der Waals surface area (Å²) in [6, 6.07) is 19.6. The lowest BCUT2D eigenvalue weighted by atomic mass is 10.1. The van der Waals surface area contributed by atoms with Crippen molar-refractivity contribution in [1.82, 2.24) is 9.97 Å². The number of rotatable bonds is 5. The number of nitrogens with zero attached hydrogens (tertiary/aromatic N) is 1. The van der Waals surface area contributed by atoms with Crippen molar-refractivity contribution in [2.24, 2.45) is 0 Å². The second-order valence-corrected chi connectivity index (χ2v) is 6.96. The number of aromatic nitrogens is 2. The third-order valence-corrected chi connectivity index (χ3v) is 4.97. The van der Waals surface area contributed by atoms with E-state index < -0.39 is 0 Å². The molecule has 2 aromatic heterocycles. The Bertz CT molecular complexity index is 1420. The molecule has 5 rings (SSSR count). The lowest BCUT2D eigenvalue weighted by Crippen LogP contribution is -2.04. The number of hydrogen-bond acceptors (Lipinski definition) is 6. The van der Waals surface area contributed by atoms with Gasteiger partial charge in [0.25, 0.3) is 0 Å². The van der Waals surface area contributed by atoms with Crippen LogP contribution in [0.3, 0.4) is 0 Å². The molecule has 0 amide bonds. The number of nitrogens with one attached hydrogen (secondary N) is 1. The monoisotopic (exact) mass is 414 g/mol. The summed E-state index contributed by atoms with van der Waals surface area (Å²) in [6.45, 7) is 0.110. The van der Waals surface area contributed by atoms with Gasteiger partial charge in [0.1, 0.15) is 29.3 Å². The molecule has 154 valence electrons. The Hall–Kier alpha value is -4.26. The smallest absolute Gasteiger partial charge is 0.205 e. The van der Waals surface area contributed by atoms with E-state index in [9.17, 15) is 9.90 Å². The molecule has 7 heteroatoms. The molecule has 7 nitrogen and oxygen atoms in total. The zero-order valence-corrected chi connectivity index (χ0v) is 16.6. The number of methoxy groups -OCH3 is 1. The number of ether oxygens (including phenoxy) is 2. The van der Waals surface area contributed by atoms with E-state index >= 15 is 0 Å². The van der Waals surface area contributed by atoms with Gasteiger partial charge in [-0.05, 0) is 12.1 Å². The first kappa shape index (κ1) is 18.7. The lowest BCUT2D eigenvalue weighted by Gasteiger charge is -2.13. The minimum absolute atomic E-state index is 0.0348. The fourth-order valence-corrected chi connectivity index (χ4v) is 3.54. The molecule has 0 unspecified atom stereocenters. The van der Waals surface area contributed by atoms with Crippen LogP contribution in [0.4, 0.5) is 0 Å². The van der Waals surface area contributed by atoms with Crippen molar-refractivity contribution in [3.05, 3.63) is 82.8 Å². The molecule has 0 saturated carbocycles. The number of fused-ring (bicyclic) bond motifs is 2. The third-order valence-electron chi connectivity index (χ3n) is 4.97. The SMILES string of the molecule is COc1c(OCc2nc3ccccc3[nH]2)cc(O)c2c(=O)cc(-c3ccccc3)oc12. The van der Waals surface area contributed by atoms with Gasteiger partial charge in [0.2, 0.25) is 5.75 Å². The van der Waals surface area contributed by atoms with Crippen molar-refractivity contribution < 1.29 is 19.0 Å². The van der Waals surface area contributed by atoms with Crippen LogP contribution in [0.5, 0.6) is 17.2 Å². The Morgan fingerprint density at radius 1 is 1.06 bits per heavy atom. The molecule has 3 aromatic carbocycles. The Morgan fingerprint density at radius 3 is 2.61 bits per heavy atom. The summed E-state index contributed by atoms with van der Waals surface area (Å²) < 4.78 is 17.4. The fourth-order valence-electron chi connectivity index (χ4n) is 3.54. The van der Waals surface area contributed by atoms with Crippen LogP contribution >= 0.6 is 0 Å². The molecule has 0 bridgehead atoms. The largest absolute Gasteiger partial charge is 0.507 e. The number of H-pyrrole nitrogens is 1. The van der Waals surface area contributed by atoms with E-state index in [1.54, 1.807) is 0 Å². The van der Waals surface area contributed by atoms with Crippen LogP contribution in [0.2, 0.25) is 0 Å². The van der Waals surface area contributed by atoms with Crippen LogP contribution in [0.1, 0.15) is 5.82 Å². The Labute approximate surface area is 176 Å². The predicted octanol–water partition coefficient (Wildman–Crippen LogP) is 4.63. The lowest BCUT2D eigenvalue weighted by molar-refractivity contribution is 0.276. The molecular formula is C24H18N2O5. The topological polar surface area (TPSA) is 97.6 Å². The highest BCUT2D eigenvalue weighted by molar-refractivity contribution is 5.91. The molecule has 0 radical (unpaired) electrons. The first-order valence-electron chi connectivity index (χ1n) is 9.63. The maximum atomic E-state index is 12.7. The van der Waals surface area contributed by atoms with Gasteiger partial charge in [-0.15, -0.1) is 0 Å². The first-order valence-corrected chi connectivity index (χ1v) is 9.63. The van der Waals surface area contributed by atoms with E-state index in [4.69, 9.17) is 13.9 Å². The minimum atomic E-state index is -0.375. The first-order chi connectivity index (χ1) is 15.1. The highest BCUT2D eigenvalue weighted by atomic mass is 16.5. The minimum Gasteiger partial charge on any atom is -0.507 e. The molecular weight excluding hydrogens is 396 g/mol. The standard InChI is InChI=1S/C24H18N2O5/c1-29-23-20(30-13-21-25-15-9-5-6-10-16(15)26-21)12-18(28)22-17(27)11-19(31-24(22)23)14-7-3-2-4-8-14/h2-12,28H,13H2,1H3,(H,25,26). The van der Waals surface area contributed by atoms with E-state index in [1.165, 1.54) is 19.2 Å². The summed E-state index contributed by atoms with van der Waals surface area (Å²) in [5.41, 5.74) is 2.20. The van der Waals surface area contributed by atoms with Crippen molar-refractivity contribution in [2.45, 2.75) is 6.61 Å². The molecule has 2 N–H and O–H groups in total. The predicted molar refractivity (Wildman–Crippen MR) is 117 cm³/mol. The quantitative estimate of drug-likeness (QED) is 0.435. The average molecular weight is 414 g/mol. The van der Waals surface area contributed by atoms with Gasteiger partial charge in [0.15, 0.2) is 16.8 Å². The number of hydrogen-bond donors (Lipinski definition) is 2. The van der Waals surface area contributed by atoms with Crippen LogP contribution in [0.25, 0.3) is 33.3 Å². The second kappa shape index (κ2) is 7.53. The maximum Gasteiger partial charge on any atom is 0.205 e. The molecule has 0 aliphatic carbocycles. The molecule has 0 fully saturated rings. The molecule has 0 aliphatic rings. The van der Waals surface area contributed by atoms with Gasteiger partial charge < -0.3 is 24.0 Å². The number of benzene rings is 3. The molecule has 0 saturated heterocycles. The molecule has 0 atom stereocenters. The number of phenols is 1. The van der Waals surface area contributed by atoms with Crippen molar-refractivity contribution in [1.29, 1.82) is 0 Å². The molecule has 2 heterocycles. The van der Waals surface area contributed by atoms with Crippen molar-refractivity contribution >= 4 is 22.0 Å². The van der Waals surface area contributed by atoms with Gasteiger partial charge >= 0.3 is 0 Å². The molecule has 0 aliphatic heterocycles. The second-order valence-electron chi connectivity index (χ2n) is 6.96. The van der Waals surface area contributed by atoms with Crippen LogP contribution in [0.15, 0.2) is 75.9 Å². The Kier molecular flexibility index (Phi) is 4.55. The van der Waals surface area contributed by atoms with E-state index in [1.807, 2.05) is 54.6 Å². The highest BCUT2D eigenvalue weighted by Crippen LogP contribution is 2.41. The van der Waals surface area contributed by atoms with Gasteiger partial charge in [-0.25, -0.2) is 4.98 Å². The zero-order chi connectivity index (χ0) is 21.4. The van der Waals surface area contributed by atoms with Gasteiger partial charge in [0, 0.05) is 17.7 Å². The summed E-state index contributed by atoms with van der Waals surface area (Å²) in [5.74, 6) is 1.19. The van der Waals surface area contributed by atoms with Crippen molar-refractivity contribution in [3.8, 4) is 28.6 Å².